The molecule has 15 heteroatoms. The first-order chi connectivity index (χ1) is 28.1. The van der Waals surface area contributed by atoms with Gasteiger partial charge in [-0.05, 0) is 100 Å². The number of rotatable bonds is 10. The van der Waals surface area contributed by atoms with Crippen LogP contribution in [0.5, 0.6) is 11.6 Å². The number of benzene rings is 1. The van der Waals surface area contributed by atoms with Gasteiger partial charge in [0.05, 0.1) is 24.1 Å². The van der Waals surface area contributed by atoms with Crippen molar-refractivity contribution in [1.82, 2.24) is 25.2 Å². The first-order valence-corrected chi connectivity index (χ1v) is 23.1. The van der Waals surface area contributed by atoms with Crippen molar-refractivity contribution >= 4 is 44.6 Å². The highest BCUT2D eigenvalue weighted by molar-refractivity contribution is 7.91. The number of hydrogen-bond donors (Lipinski definition) is 3. The lowest BCUT2D eigenvalue weighted by Gasteiger charge is -2.33. The quantitative estimate of drug-likeness (QED) is 0.263. The van der Waals surface area contributed by atoms with E-state index in [2.05, 4.69) is 34.2 Å². The largest absolute Gasteiger partial charge is 0.491 e. The van der Waals surface area contributed by atoms with Crippen LogP contribution in [0.1, 0.15) is 98.8 Å². The second-order valence-electron chi connectivity index (χ2n) is 18.6. The Morgan fingerprint density at radius 2 is 1.75 bits per heavy atom. The summed E-state index contributed by atoms with van der Waals surface area (Å²) >= 11 is 0. The topological polar surface area (TPSA) is 182 Å². The maximum absolute atomic E-state index is 15.0. The summed E-state index contributed by atoms with van der Waals surface area (Å²) in [7, 11) is -4.00. The number of pyridine rings is 1. The highest BCUT2D eigenvalue weighted by Crippen LogP contribution is 2.57. The Kier molecular flexibility index (Phi) is 11.1. The Balaban J connectivity index is 1.09. The molecule has 1 aromatic carbocycles. The molecule has 6 aliphatic rings. The second-order valence-corrected chi connectivity index (χ2v) is 20.8. The molecule has 1 saturated heterocycles. The van der Waals surface area contributed by atoms with Gasteiger partial charge >= 0.3 is 6.09 Å². The van der Waals surface area contributed by atoms with Crippen molar-refractivity contribution in [2.24, 2.45) is 35.5 Å². The number of hydrogen-bond acceptors (Lipinski definition) is 10. The van der Waals surface area contributed by atoms with Crippen LogP contribution < -0.4 is 24.8 Å². The number of alkyl carbamates (subject to hydrolysis) is 1. The van der Waals surface area contributed by atoms with Gasteiger partial charge in [-0.1, -0.05) is 58.0 Å². The Bertz CT molecular complexity index is 2110. The van der Waals surface area contributed by atoms with Gasteiger partial charge in [-0.25, -0.2) is 18.2 Å². The van der Waals surface area contributed by atoms with Crippen molar-refractivity contribution in [3.8, 4) is 11.6 Å². The van der Waals surface area contributed by atoms with E-state index in [1.165, 1.54) is 4.90 Å². The SMILES string of the molecule is CCCOc1cnc(O[C@@H]2C[C@H]3C(=O)N[C@]4(C(=O)NS(=O)(=O)C5(C)CC5)C[C@H]4/C=C\CC[C@H](C)C[C@@H](C)[C@H](NC(=O)OC4C[C@@H]5C(C)[C@@H]5C4)C(=O)N3C2)c2ccccc12. The van der Waals surface area contributed by atoms with E-state index >= 15 is 0 Å². The van der Waals surface area contributed by atoms with Gasteiger partial charge in [0.25, 0.3) is 5.91 Å². The summed E-state index contributed by atoms with van der Waals surface area (Å²) in [5.41, 5.74) is -1.52. The Morgan fingerprint density at radius 3 is 2.46 bits per heavy atom. The van der Waals surface area contributed by atoms with Crippen molar-refractivity contribution in [2.75, 3.05) is 13.2 Å². The molecule has 4 saturated carbocycles. The molecule has 2 aliphatic heterocycles. The van der Waals surface area contributed by atoms with Crippen LogP contribution in [0.25, 0.3) is 10.8 Å². The van der Waals surface area contributed by atoms with E-state index in [1.807, 2.05) is 50.3 Å². The fraction of sp³-hybridized carbons (Fsp3) is 0.659. The molecule has 2 unspecified atom stereocenters. The highest BCUT2D eigenvalue weighted by atomic mass is 32.2. The van der Waals surface area contributed by atoms with E-state index < -0.39 is 68.2 Å². The number of nitrogens with zero attached hydrogens (tertiary/aromatic N) is 2. The van der Waals surface area contributed by atoms with E-state index in [9.17, 15) is 27.6 Å². The summed E-state index contributed by atoms with van der Waals surface area (Å²) in [4.78, 5) is 63.3. The summed E-state index contributed by atoms with van der Waals surface area (Å²) in [6.07, 6.45) is 9.62. The summed E-state index contributed by atoms with van der Waals surface area (Å²) in [5, 5.41) is 7.39. The molecule has 3 heterocycles. The van der Waals surface area contributed by atoms with E-state index in [4.69, 9.17) is 14.2 Å². The lowest BCUT2D eigenvalue weighted by molar-refractivity contribution is -0.142. The fourth-order valence-electron chi connectivity index (χ4n) is 9.84. The van der Waals surface area contributed by atoms with Gasteiger partial charge in [0, 0.05) is 23.1 Å². The molecule has 1 aromatic heterocycles. The summed E-state index contributed by atoms with van der Waals surface area (Å²) in [5.74, 6) is 0.281. The lowest BCUT2D eigenvalue weighted by atomic mass is 9.88. The van der Waals surface area contributed by atoms with Gasteiger partial charge in [-0.3, -0.25) is 19.1 Å². The zero-order chi connectivity index (χ0) is 41.9. The van der Waals surface area contributed by atoms with Crippen molar-refractivity contribution in [2.45, 2.75) is 133 Å². The van der Waals surface area contributed by atoms with E-state index in [1.54, 1.807) is 13.1 Å². The van der Waals surface area contributed by atoms with Crippen LogP contribution >= 0.6 is 0 Å². The number of amides is 4. The Hall–Kier alpha value is -4.40. The van der Waals surface area contributed by atoms with Crippen LogP contribution in [0.3, 0.4) is 0 Å². The minimum atomic E-state index is -4.00. The number of ether oxygens (including phenoxy) is 3. The lowest BCUT2D eigenvalue weighted by Crippen LogP contribution is -2.59. The molecule has 11 atom stereocenters. The van der Waals surface area contributed by atoms with Crippen LogP contribution in [0.2, 0.25) is 0 Å². The van der Waals surface area contributed by atoms with Crippen molar-refractivity contribution < 1.29 is 41.8 Å². The molecule has 4 amide bonds. The average molecular weight is 834 g/mol. The van der Waals surface area contributed by atoms with Gasteiger partial charge in [0.1, 0.15) is 35.6 Å². The first kappa shape index (κ1) is 41.3. The Labute approximate surface area is 347 Å². The molecule has 0 radical (unpaired) electrons. The molecule has 3 N–H and O–H groups in total. The number of allylic oxidation sites excluding steroid dienone is 1. The van der Waals surface area contributed by atoms with Crippen LogP contribution in [0.15, 0.2) is 42.6 Å². The minimum absolute atomic E-state index is 0.00432. The molecule has 0 spiro atoms. The maximum atomic E-state index is 15.0. The molecule has 5 fully saturated rings. The molecule has 14 nitrogen and oxygen atoms in total. The summed E-state index contributed by atoms with van der Waals surface area (Å²) < 4.78 is 46.2. The van der Waals surface area contributed by atoms with Crippen molar-refractivity contribution in [1.29, 1.82) is 0 Å². The number of carbonyl (C=O) groups is 4. The fourth-order valence-corrected chi connectivity index (χ4v) is 11.2. The van der Waals surface area contributed by atoms with Gasteiger partial charge in [-0.15, -0.1) is 0 Å². The normalized spacial score (nSPS) is 35.4. The minimum Gasteiger partial charge on any atom is -0.491 e. The number of aromatic nitrogens is 1. The number of nitrogens with one attached hydrogen (secondary N) is 3. The predicted octanol–water partition coefficient (Wildman–Crippen LogP) is 5.40. The summed E-state index contributed by atoms with van der Waals surface area (Å²) in [6, 6.07) is 5.45. The first-order valence-electron chi connectivity index (χ1n) is 21.6. The van der Waals surface area contributed by atoms with E-state index in [0.29, 0.717) is 67.1 Å². The number of fused-ring (bicyclic) bond motifs is 4. The molecule has 320 valence electrons. The van der Waals surface area contributed by atoms with E-state index in [0.717, 1.165) is 31.1 Å². The van der Waals surface area contributed by atoms with Gasteiger partial charge in [0.15, 0.2) is 0 Å². The van der Waals surface area contributed by atoms with Gasteiger partial charge < -0.3 is 29.7 Å². The van der Waals surface area contributed by atoms with Crippen LogP contribution in [-0.2, 0) is 29.1 Å². The second kappa shape index (κ2) is 15.9. The molecule has 59 heavy (non-hydrogen) atoms. The molecular formula is C44H59N5O9S. The van der Waals surface area contributed by atoms with Gasteiger partial charge in [0.2, 0.25) is 27.7 Å². The predicted molar refractivity (Wildman–Crippen MR) is 220 cm³/mol. The third-order valence-electron chi connectivity index (χ3n) is 14.1. The molecule has 8 rings (SSSR count). The van der Waals surface area contributed by atoms with Crippen molar-refractivity contribution in [3.05, 3.63) is 42.6 Å². The zero-order valence-electron chi connectivity index (χ0n) is 34.8. The van der Waals surface area contributed by atoms with Crippen LogP contribution in [0.4, 0.5) is 4.79 Å². The maximum Gasteiger partial charge on any atom is 0.408 e. The number of sulfonamides is 1. The molecule has 4 aliphatic carbocycles. The average Bonchev–Trinajstić information content (AvgIpc) is 4.12. The third kappa shape index (κ3) is 8.24. The highest BCUT2D eigenvalue weighted by Gasteiger charge is 2.63. The zero-order valence-corrected chi connectivity index (χ0v) is 35.6. The smallest absolute Gasteiger partial charge is 0.408 e. The standard InChI is InChI=1S/C44H59N5O9S/c1-6-17-56-36-23-45-39(32-14-10-9-13-31(32)36)57-30-21-35-38(50)47-44(41(52)48-59(54,55)43(5)15-16-43)22-28(44)12-8-7-11-25(2)18-26(3)37(40(51)49(35)24-30)46-42(53)58-29-19-33-27(4)34(33)20-29/h8-10,12-14,23,25-30,33-35,37H,6-7,11,15-22,24H2,1-5H3,(H,46,53)(H,47,50)(H,48,52)/b12-8-/t25-,26+,27?,28+,29?,30+,33-,34+,35-,37-,44+/m0/s1. The molecule has 2 aromatic rings. The number of carbonyl (C=O) groups excluding carboxylic acids is 4. The van der Waals surface area contributed by atoms with Crippen molar-refractivity contribution in [3.63, 3.8) is 0 Å². The molecular weight excluding hydrogens is 775 g/mol. The monoisotopic (exact) mass is 833 g/mol. The third-order valence-corrected chi connectivity index (χ3v) is 16.2. The van der Waals surface area contributed by atoms with Crippen LogP contribution in [-0.4, -0.2) is 89.8 Å². The van der Waals surface area contributed by atoms with Gasteiger partial charge in [-0.2, -0.15) is 0 Å². The van der Waals surface area contributed by atoms with Crippen LogP contribution in [0, 0.1) is 35.5 Å². The van der Waals surface area contributed by atoms with E-state index in [-0.39, 0.29) is 37.3 Å². The Morgan fingerprint density at radius 1 is 1.02 bits per heavy atom. The summed E-state index contributed by atoms with van der Waals surface area (Å²) in [6.45, 7) is 10.4. The molecule has 0 bridgehead atoms.